The van der Waals surface area contributed by atoms with E-state index >= 15 is 0 Å². The first-order chi connectivity index (χ1) is 9.44. The smallest absolute Gasteiger partial charge is 0.410 e. The zero-order valence-electron chi connectivity index (χ0n) is 12.3. The average Bonchev–Trinajstić information content (AvgIpc) is 2.84. The molecule has 0 radical (unpaired) electrons. The van der Waals surface area contributed by atoms with Crippen LogP contribution in [0.4, 0.5) is 4.79 Å². The Labute approximate surface area is 119 Å². The molecule has 0 aliphatic carbocycles. The van der Waals surface area contributed by atoms with E-state index in [2.05, 4.69) is 4.98 Å². The molecule has 1 saturated heterocycles. The van der Waals surface area contributed by atoms with Crippen LogP contribution in [0.2, 0.25) is 0 Å². The summed E-state index contributed by atoms with van der Waals surface area (Å²) >= 11 is 0. The molecule has 5 nitrogen and oxygen atoms in total. The van der Waals surface area contributed by atoms with Crippen LogP contribution in [-0.2, 0) is 4.74 Å². The SMILES string of the molecule is CC(C)(C)OC(=O)N1CC[C@H](COc2cccnc2)C1. The summed E-state index contributed by atoms with van der Waals surface area (Å²) in [6.45, 7) is 7.66. The molecule has 110 valence electrons. The summed E-state index contributed by atoms with van der Waals surface area (Å²) in [6.07, 6.45) is 4.12. The van der Waals surface area contributed by atoms with Crippen molar-refractivity contribution in [2.24, 2.45) is 5.92 Å². The number of carbonyl (C=O) groups excluding carboxylic acids is 1. The second-order valence-electron chi connectivity index (χ2n) is 6.08. The topological polar surface area (TPSA) is 51.7 Å². The lowest BCUT2D eigenvalue weighted by Gasteiger charge is -2.24. The predicted molar refractivity (Wildman–Crippen MR) is 75.6 cm³/mol. The summed E-state index contributed by atoms with van der Waals surface area (Å²) in [6, 6.07) is 3.73. The molecule has 2 rings (SSSR count). The molecule has 0 bridgehead atoms. The van der Waals surface area contributed by atoms with Gasteiger partial charge >= 0.3 is 6.09 Å². The van der Waals surface area contributed by atoms with Gasteiger partial charge in [0.05, 0.1) is 12.8 Å². The van der Waals surface area contributed by atoms with Gasteiger partial charge in [-0.2, -0.15) is 0 Å². The minimum atomic E-state index is -0.443. The van der Waals surface area contributed by atoms with Crippen LogP contribution in [0.1, 0.15) is 27.2 Å². The first-order valence-electron chi connectivity index (χ1n) is 6.95. The van der Waals surface area contributed by atoms with E-state index in [0.717, 1.165) is 18.7 Å². The summed E-state index contributed by atoms with van der Waals surface area (Å²) in [7, 11) is 0. The zero-order valence-corrected chi connectivity index (χ0v) is 12.3. The maximum atomic E-state index is 11.9. The third-order valence-electron chi connectivity index (χ3n) is 3.06. The van der Waals surface area contributed by atoms with Crippen LogP contribution in [0, 0.1) is 5.92 Å². The summed E-state index contributed by atoms with van der Waals surface area (Å²) in [5.41, 5.74) is -0.443. The molecule has 0 spiro atoms. The van der Waals surface area contributed by atoms with Crippen LogP contribution in [0.15, 0.2) is 24.5 Å². The van der Waals surface area contributed by atoms with Crippen molar-refractivity contribution in [1.82, 2.24) is 9.88 Å². The standard InChI is InChI=1S/C15H22N2O3/c1-15(2,3)20-14(18)17-8-6-12(10-17)11-19-13-5-4-7-16-9-13/h4-5,7,9,12H,6,8,10-11H2,1-3H3/t12-/m0/s1. The Hall–Kier alpha value is -1.78. The fourth-order valence-corrected chi connectivity index (χ4v) is 2.11. The number of hydrogen-bond acceptors (Lipinski definition) is 4. The van der Waals surface area contributed by atoms with E-state index in [1.807, 2.05) is 32.9 Å². The van der Waals surface area contributed by atoms with Gasteiger partial charge in [-0.15, -0.1) is 0 Å². The largest absolute Gasteiger partial charge is 0.492 e. The Morgan fingerprint density at radius 1 is 1.50 bits per heavy atom. The maximum absolute atomic E-state index is 11.9. The normalized spacial score (nSPS) is 18.9. The molecule has 1 aliphatic rings. The fraction of sp³-hybridized carbons (Fsp3) is 0.600. The number of hydrogen-bond donors (Lipinski definition) is 0. The minimum Gasteiger partial charge on any atom is -0.492 e. The Bertz CT molecular complexity index is 442. The van der Waals surface area contributed by atoms with Crippen molar-refractivity contribution in [3.63, 3.8) is 0 Å². The van der Waals surface area contributed by atoms with Gasteiger partial charge in [-0.3, -0.25) is 4.98 Å². The van der Waals surface area contributed by atoms with E-state index < -0.39 is 5.60 Å². The van der Waals surface area contributed by atoms with E-state index in [1.165, 1.54) is 0 Å². The second-order valence-corrected chi connectivity index (χ2v) is 6.08. The van der Waals surface area contributed by atoms with E-state index in [1.54, 1.807) is 17.3 Å². The molecular formula is C15H22N2O3. The van der Waals surface area contributed by atoms with Gasteiger partial charge in [0.15, 0.2) is 0 Å². The lowest BCUT2D eigenvalue weighted by Crippen LogP contribution is -2.35. The molecule has 1 atom stereocenters. The Morgan fingerprint density at radius 3 is 2.95 bits per heavy atom. The number of likely N-dealkylation sites (tertiary alicyclic amines) is 1. The van der Waals surface area contributed by atoms with E-state index in [4.69, 9.17) is 9.47 Å². The van der Waals surface area contributed by atoms with Crippen molar-refractivity contribution in [1.29, 1.82) is 0 Å². The lowest BCUT2D eigenvalue weighted by atomic mass is 10.1. The Kier molecular flexibility index (Phi) is 4.47. The van der Waals surface area contributed by atoms with Gasteiger partial charge in [0, 0.05) is 25.2 Å². The molecule has 5 heteroatoms. The van der Waals surface area contributed by atoms with E-state index in [0.29, 0.717) is 19.1 Å². The summed E-state index contributed by atoms with van der Waals surface area (Å²) in [5, 5.41) is 0. The predicted octanol–water partition coefficient (Wildman–Crippen LogP) is 2.72. The number of pyridine rings is 1. The van der Waals surface area contributed by atoms with Crippen LogP contribution in [-0.4, -0.2) is 41.3 Å². The van der Waals surface area contributed by atoms with Gasteiger partial charge in [-0.25, -0.2) is 4.79 Å². The van der Waals surface area contributed by atoms with Crippen molar-refractivity contribution in [2.75, 3.05) is 19.7 Å². The Morgan fingerprint density at radius 2 is 2.30 bits per heavy atom. The average molecular weight is 278 g/mol. The van der Waals surface area contributed by atoms with Gasteiger partial charge in [0.25, 0.3) is 0 Å². The highest BCUT2D eigenvalue weighted by molar-refractivity contribution is 5.68. The highest BCUT2D eigenvalue weighted by Crippen LogP contribution is 2.20. The summed E-state index contributed by atoms with van der Waals surface area (Å²) < 4.78 is 11.0. The van der Waals surface area contributed by atoms with Gasteiger partial charge < -0.3 is 14.4 Å². The molecule has 0 aromatic carbocycles. The van der Waals surface area contributed by atoms with Crippen LogP contribution < -0.4 is 4.74 Å². The molecule has 1 aliphatic heterocycles. The van der Waals surface area contributed by atoms with Crippen molar-refractivity contribution < 1.29 is 14.3 Å². The fourth-order valence-electron chi connectivity index (χ4n) is 2.11. The number of amides is 1. The summed E-state index contributed by atoms with van der Waals surface area (Å²) in [5.74, 6) is 1.12. The maximum Gasteiger partial charge on any atom is 0.410 e. The molecular weight excluding hydrogens is 256 g/mol. The van der Waals surface area contributed by atoms with Crippen molar-refractivity contribution in [3.05, 3.63) is 24.5 Å². The van der Waals surface area contributed by atoms with Gasteiger partial charge in [0.1, 0.15) is 11.4 Å². The highest BCUT2D eigenvalue weighted by atomic mass is 16.6. The second kappa shape index (κ2) is 6.11. The van der Waals surface area contributed by atoms with Gasteiger partial charge in [-0.1, -0.05) is 0 Å². The molecule has 0 N–H and O–H groups in total. The monoisotopic (exact) mass is 278 g/mol. The molecule has 1 aromatic heterocycles. The number of carbonyl (C=O) groups is 1. The lowest BCUT2D eigenvalue weighted by molar-refractivity contribution is 0.0285. The minimum absolute atomic E-state index is 0.235. The number of rotatable bonds is 3. The van der Waals surface area contributed by atoms with E-state index in [-0.39, 0.29) is 6.09 Å². The third-order valence-corrected chi connectivity index (χ3v) is 3.06. The molecule has 1 aromatic rings. The molecule has 0 unspecified atom stereocenters. The third kappa shape index (κ3) is 4.40. The molecule has 2 heterocycles. The Balaban J connectivity index is 1.76. The zero-order chi connectivity index (χ0) is 14.6. The number of aromatic nitrogens is 1. The van der Waals surface area contributed by atoms with Crippen molar-refractivity contribution in [3.8, 4) is 5.75 Å². The molecule has 20 heavy (non-hydrogen) atoms. The van der Waals surface area contributed by atoms with Crippen LogP contribution >= 0.6 is 0 Å². The van der Waals surface area contributed by atoms with Crippen LogP contribution in [0.3, 0.4) is 0 Å². The van der Waals surface area contributed by atoms with Crippen LogP contribution in [0.25, 0.3) is 0 Å². The first-order valence-corrected chi connectivity index (χ1v) is 6.95. The molecule has 0 saturated carbocycles. The van der Waals surface area contributed by atoms with Gasteiger partial charge in [-0.05, 0) is 39.3 Å². The van der Waals surface area contributed by atoms with Crippen molar-refractivity contribution in [2.45, 2.75) is 32.8 Å². The quantitative estimate of drug-likeness (QED) is 0.853. The number of ether oxygens (including phenoxy) is 2. The number of nitrogens with zero attached hydrogens (tertiary/aromatic N) is 2. The molecule has 1 fully saturated rings. The van der Waals surface area contributed by atoms with Crippen molar-refractivity contribution >= 4 is 6.09 Å². The van der Waals surface area contributed by atoms with Gasteiger partial charge in [0.2, 0.25) is 0 Å². The highest BCUT2D eigenvalue weighted by Gasteiger charge is 2.30. The van der Waals surface area contributed by atoms with Crippen LogP contribution in [0.5, 0.6) is 5.75 Å². The van der Waals surface area contributed by atoms with E-state index in [9.17, 15) is 4.79 Å². The first kappa shape index (κ1) is 14.6. The molecule has 1 amide bonds. The summed E-state index contributed by atoms with van der Waals surface area (Å²) in [4.78, 5) is 17.7.